The summed E-state index contributed by atoms with van der Waals surface area (Å²) in [5.74, 6) is 0.895. The molecule has 114 valence electrons. The van der Waals surface area contributed by atoms with Crippen molar-refractivity contribution in [2.24, 2.45) is 5.92 Å². The lowest BCUT2D eigenvalue weighted by molar-refractivity contribution is -0.122. The molecule has 0 aromatic rings. The van der Waals surface area contributed by atoms with Gasteiger partial charge in [-0.25, -0.2) is 0 Å². The third-order valence-electron chi connectivity index (χ3n) is 4.38. The molecule has 1 amide bonds. The van der Waals surface area contributed by atoms with Crippen LogP contribution in [0.3, 0.4) is 0 Å². The zero-order valence-electron chi connectivity index (χ0n) is 12.8. The zero-order valence-corrected chi connectivity index (χ0v) is 12.8. The molecule has 0 aromatic heterocycles. The lowest BCUT2D eigenvalue weighted by Crippen LogP contribution is -2.37. The summed E-state index contributed by atoms with van der Waals surface area (Å²) < 4.78 is 0. The molecule has 1 fully saturated rings. The van der Waals surface area contributed by atoms with E-state index in [1.165, 1.54) is 37.7 Å². The molecule has 1 aliphatic heterocycles. The molecular weight excluding hydrogens is 250 g/mol. The Hall–Kier alpha value is -0.870. The summed E-state index contributed by atoms with van der Waals surface area (Å²) in [5, 5.41) is 6.29. The minimum atomic E-state index is 0.187. The third-order valence-corrected chi connectivity index (χ3v) is 4.38. The van der Waals surface area contributed by atoms with E-state index in [1.807, 2.05) is 7.05 Å². The number of rotatable bonds is 7. The van der Waals surface area contributed by atoms with Gasteiger partial charge in [-0.3, -0.25) is 9.69 Å². The molecule has 0 bridgehead atoms. The summed E-state index contributed by atoms with van der Waals surface area (Å²) in [6.45, 7) is 4.55. The lowest BCUT2D eigenvalue weighted by atomic mass is 9.97. The standard InChI is InChI=1S/C16H29N3O/c1-17-11-15-8-10-19(12-15)13-16(20)18-9-7-14-5-3-2-4-6-14/h5,15,17H,2-4,6-13H2,1H3,(H,18,20). The van der Waals surface area contributed by atoms with Crippen molar-refractivity contribution in [3.63, 3.8) is 0 Å². The van der Waals surface area contributed by atoms with Gasteiger partial charge >= 0.3 is 0 Å². The van der Waals surface area contributed by atoms with Crippen molar-refractivity contribution in [2.75, 3.05) is 39.8 Å². The van der Waals surface area contributed by atoms with Crippen LogP contribution in [-0.2, 0) is 4.79 Å². The van der Waals surface area contributed by atoms with Crippen LogP contribution in [0.5, 0.6) is 0 Å². The Morgan fingerprint density at radius 3 is 3.10 bits per heavy atom. The van der Waals surface area contributed by atoms with Gasteiger partial charge < -0.3 is 10.6 Å². The van der Waals surface area contributed by atoms with Gasteiger partial charge in [0.05, 0.1) is 6.54 Å². The fourth-order valence-electron chi connectivity index (χ4n) is 3.26. The SMILES string of the molecule is CNCC1CCN(CC(=O)NCCC2=CCCCC2)C1. The van der Waals surface area contributed by atoms with Crippen molar-refractivity contribution >= 4 is 5.91 Å². The molecule has 2 N–H and O–H groups in total. The first kappa shape index (κ1) is 15.5. The Morgan fingerprint density at radius 2 is 2.35 bits per heavy atom. The van der Waals surface area contributed by atoms with Gasteiger partial charge in [0.1, 0.15) is 0 Å². The second-order valence-corrected chi connectivity index (χ2v) is 6.16. The smallest absolute Gasteiger partial charge is 0.234 e. The quantitative estimate of drug-likeness (QED) is 0.695. The van der Waals surface area contributed by atoms with Crippen molar-refractivity contribution in [3.8, 4) is 0 Å². The summed E-state index contributed by atoms with van der Waals surface area (Å²) in [4.78, 5) is 14.2. The Kier molecular flexibility index (Phi) is 6.54. The van der Waals surface area contributed by atoms with E-state index in [4.69, 9.17) is 0 Å². The first-order chi connectivity index (χ1) is 9.78. The maximum absolute atomic E-state index is 11.9. The van der Waals surface area contributed by atoms with Gasteiger partial charge in [-0.15, -0.1) is 0 Å². The largest absolute Gasteiger partial charge is 0.355 e. The van der Waals surface area contributed by atoms with Gasteiger partial charge in [0.25, 0.3) is 0 Å². The number of hydrogen-bond acceptors (Lipinski definition) is 3. The average molecular weight is 279 g/mol. The van der Waals surface area contributed by atoms with Crippen LogP contribution in [0.25, 0.3) is 0 Å². The van der Waals surface area contributed by atoms with E-state index in [9.17, 15) is 4.79 Å². The zero-order chi connectivity index (χ0) is 14.2. The van der Waals surface area contributed by atoms with Gasteiger partial charge in [0.15, 0.2) is 0 Å². The fraction of sp³-hybridized carbons (Fsp3) is 0.812. The molecule has 0 radical (unpaired) electrons. The normalized spacial score (nSPS) is 23.6. The van der Waals surface area contributed by atoms with Crippen molar-refractivity contribution < 1.29 is 4.79 Å². The Labute approximate surface area is 123 Å². The molecule has 20 heavy (non-hydrogen) atoms. The highest BCUT2D eigenvalue weighted by atomic mass is 16.2. The van der Waals surface area contributed by atoms with Crippen LogP contribution < -0.4 is 10.6 Å². The van der Waals surface area contributed by atoms with E-state index in [2.05, 4.69) is 21.6 Å². The number of allylic oxidation sites excluding steroid dienone is 1. The summed E-state index contributed by atoms with van der Waals surface area (Å²) in [5.41, 5.74) is 1.53. The number of amides is 1. The number of likely N-dealkylation sites (tertiary alicyclic amines) is 1. The third kappa shape index (κ3) is 5.25. The van der Waals surface area contributed by atoms with Gasteiger partial charge in [0, 0.05) is 13.1 Å². The van der Waals surface area contributed by atoms with Gasteiger partial charge in [-0.2, -0.15) is 0 Å². The number of carbonyl (C=O) groups is 1. The second-order valence-electron chi connectivity index (χ2n) is 6.16. The molecular formula is C16H29N3O. The van der Waals surface area contributed by atoms with E-state index in [0.29, 0.717) is 12.5 Å². The topological polar surface area (TPSA) is 44.4 Å². The van der Waals surface area contributed by atoms with E-state index in [1.54, 1.807) is 0 Å². The number of nitrogens with one attached hydrogen (secondary N) is 2. The van der Waals surface area contributed by atoms with Crippen LogP contribution in [-0.4, -0.2) is 50.6 Å². The molecule has 1 unspecified atom stereocenters. The van der Waals surface area contributed by atoms with E-state index < -0.39 is 0 Å². The van der Waals surface area contributed by atoms with Gasteiger partial charge in [-0.05, 0) is 64.6 Å². The van der Waals surface area contributed by atoms with Crippen molar-refractivity contribution in [2.45, 2.75) is 38.5 Å². The van der Waals surface area contributed by atoms with Gasteiger partial charge in [-0.1, -0.05) is 11.6 Å². The first-order valence-electron chi connectivity index (χ1n) is 8.09. The molecule has 2 aliphatic rings. The van der Waals surface area contributed by atoms with Crippen LogP contribution in [0.2, 0.25) is 0 Å². The van der Waals surface area contributed by atoms with Crippen LogP contribution in [0.4, 0.5) is 0 Å². The molecule has 1 saturated heterocycles. The maximum atomic E-state index is 11.9. The molecule has 1 aliphatic carbocycles. The summed E-state index contributed by atoms with van der Waals surface area (Å²) in [7, 11) is 2.00. The van der Waals surface area contributed by atoms with Crippen molar-refractivity contribution in [1.29, 1.82) is 0 Å². The monoisotopic (exact) mass is 279 g/mol. The predicted octanol–water partition coefficient (Wildman–Crippen LogP) is 1.53. The van der Waals surface area contributed by atoms with Crippen molar-refractivity contribution in [1.82, 2.24) is 15.5 Å². The molecule has 2 rings (SSSR count). The number of carbonyl (C=O) groups excluding carboxylic acids is 1. The van der Waals surface area contributed by atoms with Crippen LogP contribution in [0, 0.1) is 5.92 Å². The molecule has 0 spiro atoms. The Balaban J connectivity index is 1.57. The first-order valence-corrected chi connectivity index (χ1v) is 8.09. The molecule has 4 nitrogen and oxygen atoms in total. The number of nitrogens with zero attached hydrogens (tertiary/aromatic N) is 1. The highest BCUT2D eigenvalue weighted by Crippen LogP contribution is 2.19. The Bertz CT molecular complexity index is 341. The lowest BCUT2D eigenvalue weighted by Gasteiger charge is -2.16. The summed E-state index contributed by atoms with van der Waals surface area (Å²) in [6.07, 6.45) is 9.71. The fourth-order valence-corrected chi connectivity index (χ4v) is 3.26. The minimum Gasteiger partial charge on any atom is -0.355 e. The highest BCUT2D eigenvalue weighted by Gasteiger charge is 2.23. The van der Waals surface area contributed by atoms with Crippen LogP contribution in [0.15, 0.2) is 11.6 Å². The van der Waals surface area contributed by atoms with Gasteiger partial charge in [0.2, 0.25) is 5.91 Å². The van der Waals surface area contributed by atoms with Crippen LogP contribution >= 0.6 is 0 Å². The molecule has 0 saturated carbocycles. The molecule has 0 aromatic carbocycles. The second kappa shape index (κ2) is 8.42. The van der Waals surface area contributed by atoms with E-state index in [0.717, 1.165) is 32.6 Å². The summed E-state index contributed by atoms with van der Waals surface area (Å²) >= 11 is 0. The molecule has 1 atom stereocenters. The predicted molar refractivity (Wildman–Crippen MR) is 82.7 cm³/mol. The van der Waals surface area contributed by atoms with Crippen molar-refractivity contribution in [3.05, 3.63) is 11.6 Å². The molecule has 1 heterocycles. The van der Waals surface area contributed by atoms with E-state index in [-0.39, 0.29) is 5.91 Å². The maximum Gasteiger partial charge on any atom is 0.234 e. The van der Waals surface area contributed by atoms with Crippen LogP contribution in [0.1, 0.15) is 38.5 Å². The average Bonchev–Trinajstić information content (AvgIpc) is 2.88. The van der Waals surface area contributed by atoms with E-state index >= 15 is 0 Å². The summed E-state index contributed by atoms with van der Waals surface area (Å²) in [6, 6.07) is 0. The number of hydrogen-bond donors (Lipinski definition) is 2. The molecule has 4 heteroatoms. The highest BCUT2D eigenvalue weighted by molar-refractivity contribution is 5.78. The Morgan fingerprint density at radius 1 is 1.45 bits per heavy atom. The minimum absolute atomic E-state index is 0.187.